The highest BCUT2D eigenvalue weighted by Gasteiger charge is 2.54. The Kier molecular flexibility index (Phi) is 6.44. The molecule has 0 saturated carbocycles. The van der Waals surface area contributed by atoms with E-state index in [1.54, 1.807) is 13.8 Å². The molecule has 3 aromatic carbocycles. The van der Waals surface area contributed by atoms with Gasteiger partial charge in [0.2, 0.25) is 0 Å². The molecule has 3 N–H and O–H groups in total. The number of esters is 1. The number of methoxy groups -OCH3 is 1. The first-order chi connectivity index (χ1) is 17.3. The minimum Gasteiger partial charge on any atom is -0.468 e. The van der Waals surface area contributed by atoms with Crippen LogP contribution in [0.25, 0.3) is 11.1 Å². The highest BCUT2D eigenvalue weighted by Crippen LogP contribution is 2.51. The summed E-state index contributed by atoms with van der Waals surface area (Å²) in [6.45, 7) is 2.89. The predicted octanol–water partition coefficient (Wildman–Crippen LogP) is 2.96. The van der Waals surface area contributed by atoms with Crippen molar-refractivity contribution in [2.75, 3.05) is 13.7 Å². The van der Waals surface area contributed by atoms with Crippen LogP contribution < -0.4 is 5.32 Å². The number of nitrogens with one attached hydrogen (secondary N) is 1. The SMILES string of the molecule is COC(=O)[C@@H](NC1(c2ccccc2)c2ccccc2-c2ccccc21)[C@H]1OC(C)(C)O[C@@H]1[C@H](O)CO. The Hall–Kier alpha value is -3.07. The lowest BCUT2D eigenvalue weighted by Crippen LogP contribution is -2.60. The van der Waals surface area contributed by atoms with Crippen LogP contribution >= 0.6 is 0 Å². The summed E-state index contributed by atoms with van der Waals surface area (Å²) in [5, 5.41) is 23.9. The highest BCUT2D eigenvalue weighted by atomic mass is 16.8. The number of hydrogen-bond donors (Lipinski definition) is 3. The van der Waals surface area contributed by atoms with Gasteiger partial charge in [0.05, 0.1) is 19.3 Å². The van der Waals surface area contributed by atoms with Crippen molar-refractivity contribution >= 4 is 5.97 Å². The van der Waals surface area contributed by atoms with Crippen molar-refractivity contribution in [1.29, 1.82) is 0 Å². The van der Waals surface area contributed by atoms with Crippen LogP contribution in [-0.4, -0.2) is 60.0 Å². The van der Waals surface area contributed by atoms with Gasteiger partial charge in [0.25, 0.3) is 0 Å². The standard InChI is InChI=1S/C29H31NO6/c1-28(2)35-25(23(32)17-31)26(36-28)24(27(33)34-3)30-29(18-11-5-4-6-12-18)21-15-9-7-13-19(21)20-14-8-10-16-22(20)29/h4-16,23-26,30-32H,17H2,1-3H3/t23-,24+,25-,26-/m1/s1. The minimum atomic E-state index is -1.25. The number of aliphatic hydroxyl groups is 2. The molecule has 1 aliphatic carbocycles. The molecule has 0 bridgehead atoms. The van der Waals surface area contributed by atoms with E-state index in [-0.39, 0.29) is 0 Å². The van der Waals surface area contributed by atoms with E-state index in [0.717, 1.165) is 27.8 Å². The smallest absolute Gasteiger partial charge is 0.325 e. The van der Waals surface area contributed by atoms with Crippen molar-refractivity contribution in [2.45, 2.75) is 49.5 Å². The first-order valence-corrected chi connectivity index (χ1v) is 12.1. The van der Waals surface area contributed by atoms with Gasteiger partial charge in [0.1, 0.15) is 24.4 Å². The van der Waals surface area contributed by atoms with E-state index in [9.17, 15) is 15.0 Å². The van der Waals surface area contributed by atoms with E-state index >= 15 is 0 Å². The number of hydrogen-bond acceptors (Lipinski definition) is 7. The van der Waals surface area contributed by atoms with Crippen LogP contribution in [0.3, 0.4) is 0 Å². The lowest BCUT2D eigenvalue weighted by Gasteiger charge is -2.39. The lowest BCUT2D eigenvalue weighted by molar-refractivity contribution is -0.162. The first kappa shape index (κ1) is 24.6. The molecule has 2 aliphatic rings. The number of fused-ring (bicyclic) bond motifs is 3. The molecule has 7 heteroatoms. The summed E-state index contributed by atoms with van der Waals surface area (Å²) in [6, 6.07) is 25.1. The summed E-state index contributed by atoms with van der Waals surface area (Å²) in [4.78, 5) is 13.4. The minimum absolute atomic E-state index is 0.538. The number of ether oxygens (including phenoxy) is 3. The quantitative estimate of drug-likeness (QED) is 0.439. The van der Waals surface area contributed by atoms with Gasteiger partial charge in [-0.25, -0.2) is 0 Å². The summed E-state index contributed by atoms with van der Waals surface area (Å²) in [5.74, 6) is -1.64. The third kappa shape index (κ3) is 3.93. The van der Waals surface area contributed by atoms with Crippen LogP contribution in [0.1, 0.15) is 30.5 Å². The van der Waals surface area contributed by atoms with E-state index in [0.29, 0.717) is 0 Å². The Morgan fingerprint density at radius 1 is 0.917 bits per heavy atom. The van der Waals surface area contributed by atoms with Gasteiger partial charge in [-0.3, -0.25) is 10.1 Å². The molecule has 188 valence electrons. The summed E-state index contributed by atoms with van der Waals surface area (Å²) >= 11 is 0. The molecule has 4 atom stereocenters. The number of rotatable bonds is 7. The van der Waals surface area contributed by atoms with Crippen LogP contribution in [0.4, 0.5) is 0 Å². The molecule has 36 heavy (non-hydrogen) atoms. The fourth-order valence-electron chi connectivity index (χ4n) is 5.58. The summed E-state index contributed by atoms with van der Waals surface area (Å²) in [7, 11) is 1.32. The normalized spacial score (nSPS) is 22.9. The van der Waals surface area contributed by atoms with E-state index < -0.39 is 48.3 Å². The maximum atomic E-state index is 13.4. The zero-order chi connectivity index (χ0) is 25.5. The Morgan fingerprint density at radius 2 is 1.44 bits per heavy atom. The van der Waals surface area contributed by atoms with Crippen LogP contribution in [-0.2, 0) is 24.5 Å². The molecular weight excluding hydrogens is 458 g/mol. The van der Waals surface area contributed by atoms with Gasteiger partial charge < -0.3 is 24.4 Å². The summed E-state index contributed by atoms with van der Waals surface area (Å²) in [5.41, 5.74) is 4.12. The molecule has 0 radical (unpaired) electrons. The Labute approximate surface area is 210 Å². The van der Waals surface area contributed by atoms with Crippen molar-refractivity contribution in [1.82, 2.24) is 5.32 Å². The molecule has 1 heterocycles. The first-order valence-electron chi connectivity index (χ1n) is 12.1. The molecule has 0 spiro atoms. The monoisotopic (exact) mass is 489 g/mol. The van der Waals surface area contributed by atoms with Crippen LogP contribution in [0.5, 0.6) is 0 Å². The lowest BCUT2D eigenvalue weighted by atomic mass is 9.79. The van der Waals surface area contributed by atoms with E-state index in [1.807, 2.05) is 54.6 Å². The zero-order valence-electron chi connectivity index (χ0n) is 20.5. The predicted molar refractivity (Wildman–Crippen MR) is 134 cm³/mol. The topological polar surface area (TPSA) is 97.3 Å². The average molecular weight is 490 g/mol. The number of benzene rings is 3. The van der Waals surface area contributed by atoms with Gasteiger partial charge in [-0.15, -0.1) is 0 Å². The molecular formula is C29H31NO6. The summed E-state index contributed by atoms with van der Waals surface area (Å²) in [6.07, 6.45) is -3.14. The second kappa shape index (κ2) is 9.42. The van der Waals surface area contributed by atoms with Gasteiger partial charge in [-0.1, -0.05) is 78.9 Å². The molecule has 0 unspecified atom stereocenters. The average Bonchev–Trinajstić information content (AvgIpc) is 3.39. The highest BCUT2D eigenvalue weighted by molar-refractivity contribution is 5.84. The third-order valence-corrected chi connectivity index (χ3v) is 7.04. The second-order valence-corrected chi connectivity index (χ2v) is 9.67. The van der Waals surface area contributed by atoms with Crippen LogP contribution in [0.15, 0.2) is 78.9 Å². The maximum Gasteiger partial charge on any atom is 0.325 e. The van der Waals surface area contributed by atoms with Gasteiger partial charge in [-0.05, 0) is 41.7 Å². The van der Waals surface area contributed by atoms with Crippen molar-refractivity contribution in [3.05, 3.63) is 95.6 Å². The molecule has 7 nitrogen and oxygen atoms in total. The number of carbonyl (C=O) groups excluding carboxylic acids is 1. The van der Waals surface area contributed by atoms with Gasteiger partial charge in [-0.2, -0.15) is 0 Å². The molecule has 3 aromatic rings. The van der Waals surface area contributed by atoms with Gasteiger partial charge in [0.15, 0.2) is 5.79 Å². The molecule has 1 aliphatic heterocycles. The van der Waals surface area contributed by atoms with E-state index in [4.69, 9.17) is 14.2 Å². The molecule has 0 aromatic heterocycles. The van der Waals surface area contributed by atoms with Crippen molar-refractivity contribution in [2.24, 2.45) is 0 Å². The molecule has 0 amide bonds. The second-order valence-electron chi connectivity index (χ2n) is 9.67. The summed E-state index contributed by atoms with van der Waals surface area (Å²) < 4.78 is 17.4. The van der Waals surface area contributed by atoms with Crippen LogP contribution in [0, 0.1) is 0 Å². The van der Waals surface area contributed by atoms with E-state index in [2.05, 4.69) is 29.6 Å². The number of aliphatic hydroxyl groups excluding tert-OH is 2. The van der Waals surface area contributed by atoms with Crippen molar-refractivity contribution in [3.8, 4) is 11.1 Å². The maximum absolute atomic E-state index is 13.4. The number of carbonyl (C=O) groups is 1. The zero-order valence-corrected chi connectivity index (χ0v) is 20.5. The fourth-order valence-corrected chi connectivity index (χ4v) is 5.58. The van der Waals surface area contributed by atoms with Crippen molar-refractivity contribution < 1.29 is 29.2 Å². The molecule has 1 fully saturated rings. The fraction of sp³-hybridized carbons (Fsp3) is 0.345. The third-order valence-electron chi connectivity index (χ3n) is 7.04. The largest absolute Gasteiger partial charge is 0.468 e. The Bertz CT molecular complexity index is 1200. The van der Waals surface area contributed by atoms with E-state index in [1.165, 1.54) is 7.11 Å². The van der Waals surface area contributed by atoms with Crippen molar-refractivity contribution in [3.63, 3.8) is 0 Å². The van der Waals surface area contributed by atoms with Gasteiger partial charge >= 0.3 is 5.97 Å². The van der Waals surface area contributed by atoms with Gasteiger partial charge in [0, 0.05) is 0 Å². The Balaban J connectivity index is 1.72. The molecule has 5 rings (SSSR count). The van der Waals surface area contributed by atoms with Crippen LogP contribution in [0.2, 0.25) is 0 Å². The Morgan fingerprint density at radius 3 is 2.00 bits per heavy atom. The molecule has 1 saturated heterocycles.